The first kappa shape index (κ1) is 20.5. The first-order chi connectivity index (χ1) is 15.6. The van der Waals surface area contributed by atoms with Crippen LogP contribution in [0.3, 0.4) is 0 Å². The molecule has 0 spiro atoms. The predicted molar refractivity (Wildman–Crippen MR) is 122 cm³/mol. The monoisotopic (exact) mass is 432 g/mol. The van der Waals surface area contributed by atoms with Crippen molar-refractivity contribution in [3.05, 3.63) is 70.6 Å². The molecule has 3 heterocycles. The van der Waals surface area contributed by atoms with E-state index in [9.17, 15) is 14.4 Å². The number of carbonyl (C=O) groups is 2. The molecule has 1 aromatic heterocycles. The molecule has 0 bridgehead atoms. The number of hydrogen-bond donors (Lipinski definition) is 1. The number of rotatable bonds is 4. The molecule has 0 aliphatic carbocycles. The van der Waals surface area contributed by atoms with Gasteiger partial charge in [-0.25, -0.2) is 4.79 Å². The second-order valence-corrected chi connectivity index (χ2v) is 8.78. The number of benzene rings is 2. The molecule has 2 saturated heterocycles. The number of carbonyl (C=O) groups excluding carboxylic acids is 2. The van der Waals surface area contributed by atoms with Gasteiger partial charge in [-0.05, 0) is 43.4 Å². The molecular weight excluding hydrogens is 404 g/mol. The summed E-state index contributed by atoms with van der Waals surface area (Å²) in [5, 5.41) is 0. The Labute approximate surface area is 186 Å². The minimum Gasteiger partial charge on any atom is -0.341 e. The number of amides is 2. The van der Waals surface area contributed by atoms with Crippen LogP contribution in [0.4, 0.5) is 0 Å². The van der Waals surface area contributed by atoms with Crippen molar-refractivity contribution in [2.45, 2.75) is 44.2 Å². The molecule has 7 heteroatoms. The average molecular weight is 433 g/mol. The fourth-order valence-electron chi connectivity index (χ4n) is 5.19. The molecule has 0 radical (unpaired) electrons. The molecule has 2 fully saturated rings. The number of aromatic nitrogens is 2. The fourth-order valence-corrected chi connectivity index (χ4v) is 5.19. The van der Waals surface area contributed by atoms with Crippen LogP contribution in [-0.2, 0) is 16.0 Å². The molecule has 1 atom stereocenters. The third-order valence-electron chi connectivity index (χ3n) is 6.82. The second-order valence-electron chi connectivity index (χ2n) is 8.78. The summed E-state index contributed by atoms with van der Waals surface area (Å²) in [4.78, 5) is 45.3. The summed E-state index contributed by atoms with van der Waals surface area (Å²) in [5.41, 5.74) is 2.63. The van der Waals surface area contributed by atoms with Gasteiger partial charge >= 0.3 is 5.69 Å². The summed E-state index contributed by atoms with van der Waals surface area (Å²) in [6.45, 7) is 1.85. The van der Waals surface area contributed by atoms with Crippen LogP contribution in [0.15, 0.2) is 59.4 Å². The van der Waals surface area contributed by atoms with Crippen molar-refractivity contribution in [2.75, 3.05) is 19.6 Å². The van der Waals surface area contributed by atoms with Crippen LogP contribution < -0.4 is 5.69 Å². The maximum Gasteiger partial charge on any atom is 0.326 e. The highest BCUT2D eigenvalue weighted by atomic mass is 16.2. The molecule has 166 valence electrons. The van der Waals surface area contributed by atoms with Gasteiger partial charge in [-0.15, -0.1) is 0 Å². The van der Waals surface area contributed by atoms with Crippen LogP contribution in [-0.4, -0.2) is 56.8 Å². The van der Waals surface area contributed by atoms with Gasteiger partial charge in [0.05, 0.1) is 17.5 Å². The maximum absolute atomic E-state index is 13.3. The van der Waals surface area contributed by atoms with Crippen LogP contribution in [0.1, 0.15) is 37.3 Å². The summed E-state index contributed by atoms with van der Waals surface area (Å²) in [6, 6.07) is 17.1. The first-order valence-electron chi connectivity index (χ1n) is 11.4. The smallest absolute Gasteiger partial charge is 0.326 e. The highest BCUT2D eigenvalue weighted by Crippen LogP contribution is 2.27. The molecule has 2 aliphatic heterocycles. The van der Waals surface area contributed by atoms with Crippen LogP contribution in [0.25, 0.3) is 11.0 Å². The van der Waals surface area contributed by atoms with Gasteiger partial charge in [0.1, 0.15) is 6.04 Å². The molecule has 3 aromatic rings. The normalized spacial score (nSPS) is 19.6. The number of nitrogens with zero attached hydrogens (tertiary/aromatic N) is 3. The number of fused-ring (bicyclic) bond motifs is 1. The molecule has 1 unspecified atom stereocenters. The van der Waals surface area contributed by atoms with Crippen LogP contribution >= 0.6 is 0 Å². The number of imidazole rings is 1. The Bertz CT molecular complexity index is 1170. The number of hydrogen-bond acceptors (Lipinski definition) is 3. The van der Waals surface area contributed by atoms with Crippen molar-refractivity contribution in [3.63, 3.8) is 0 Å². The van der Waals surface area contributed by atoms with Gasteiger partial charge in [0.2, 0.25) is 11.8 Å². The van der Waals surface area contributed by atoms with E-state index in [0.29, 0.717) is 26.1 Å². The molecule has 2 amide bonds. The van der Waals surface area contributed by atoms with Crippen LogP contribution in [0.5, 0.6) is 0 Å². The minimum absolute atomic E-state index is 0.0206. The Kier molecular flexibility index (Phi) is 5.55. The lowest BCUT2D eigenvalue weighted by atomic mass is 10.0. The van der Waals surface area contributed by atoms with Crippen molar-refractivity contribution in [3.8, 4) is 0 Å². The highest BCUT2D eigenvalue weighted by Gasteiger charge is 2.37. The first-order valence-corrected chi connectivity index (χ1v) is 11.4. The van der Waals surface area contributed by atoms with Crippen LogP contribution in [0, 0.1) is 0 Å². The van der Waals surface area contributed by atoms with Crippen molar-refractivity contribution >= 4 is 22.8 Å². The quantitative estimate of drug-likeness (QED) is 0.689. The number of para-hydroxylation sites is 2. The molecule has 32 heavy (non-hydrogen) atoms. The van der Waals surface area contributed by atoms with E-state index in [1.807, 2.05) is 64.1 Å². The van der Waals surface area contributed by atoms with Crippen molar-refractivity contribution < 1.29 is 9.59 Å². The zero-order valence-electron chi connectivity index (χ0n) is 18.1. The standard InChI is InChI=1S/C25H28N4O3/c30-23(17-18-7-2-1-3-8-18)28-14-6-11-22(28)24(31)27-15-12-19(13-16-27)29-21-10-5-4-9-20(21)26-25(29)32/h1-5,7-10,19,22H,6,11-17H2,(H,26,32). The van der Waals surface area contributed by atoms with E-state index in [-0.39, 0.29) is 29.6 Å². The fraction of sp³-hybridized carbons (Fsp3) is 0.400. The zero-order chi connectivity index (χ0) is 22.1. The van der Waals surface area contributed by atoms with Gasteiger partial charge in [0.25, 0.3) is 0 Å². The molecule has 1 N–H and O–H groups in total. The van der Waals surface area contributed by atoms with Gasteiger partial charge < -0.3 is 14.8 Å². The topological polar surface area (TPSA) is 78.4 Å². The molecule has 2 aromatic carbocycles. The number of piperidine rings is 1. The molecule has 0 saturated carbocycles. The molecule has 7 nitrogen and oxygen atoms in total. The van der Waals surface area contributed by atoms with E-state index in [1.165, 1.54) is 0 Å². The molecule has 2 aliphatic rings. The van der Waals surface area contributed by atoms with Gasteiger partial charge in [-0.2, -0.15) is 0 Å². The maximum atomic E-state index is 13.3. The Morgan fingerprint density at radius 1 is 0.906 bits per heavy atom. The zero-order valence-corrected chi connectivity index (χ0v) is 18.1. The van der Waals surface area contributed by atoms with Gasteiger partial charge in [-0.3, -0.25) is 14.2 Å². The second kappa shape index (κ2) is 8.65. The Balaban J connectivity index is 1.24. The van der Waals surface area contributed by atoms with Gasteiger partial charge in [0.15, 0.2) is 0 Å². The van der Waals surface area contributed by atoms with E-state index < -0.39 is 0 Å². The van der Waals surface area contributed by atoms with E-state index in [1.54, 1.807) is 4.90 Å². The molecular formula is C25H28N4O3. The summed E-state index contributed by atoms with van der Waals surface area (Å²) in [5.74, 6) is 0.0703. The summed E-state index contributed by atoms with van der Waals surface area (Å²) >= 11 is 0. The van der Waals surface area contributed by atoms with Gasteiger partial charge in [0, 0.05) is 25.7 Å². The number of nitrogens with one attached hydrogen (secondary N) is 1. The van der Waals surface area contributed by atoms with Crippen molar-refractivity contribution in [1.82, 2.24) is 19.4 Å². The third-order valence-corrected chi connectivity index (χ3v) is 6.82. The van der Waals surface area contributed by atoms with E-state index >= 15 is 0 Å². The lowest BCUT2D eigenvalue weighted by molar-refractivity contribution is -0.144. The lowest BCUT2D eigenvalue weighted by Crippen LogP contribution is -2.50. The number of likely N-dealkylation sites (tertiary alicyclic amines) is 2. The van der Waals surface area contributed by atoms with Crippen molar-refractivity contribution in [1.29, 1.82) is 0 Å². The van der Waals surface area contributed by atoms with E-state index in [2.05, 4.69) is 4.98 Å². The van der Waals surface area contributed by atoms with Gasteiger partial charge in [-0.1, -0.05) is 42.5 Å². The summed E-state index contributed by atoms with van der Waals surface area (Å²) in [6.07, 6.45) is 3.38. The lowest BCUT2D eigenvalue weighted by Gasteiger charge is -2.36. The van der Waals surface area contributed by atoms with E-state index in [4.69, 9.17) is 0 Å². The van der Waals surface area contributed by atoms with E-state index in [0.717, 1.165) is 42.3 Å². The van der Waals surface area contributed by atoms with Crippen LogP contribution in [0.2, 0.25) is 0 Å². The Morgan fingerprint density at radius 2 is 1.62 bits per heavy atom. The minimum atomic E-state index is -0.362. The summed E-state index contributed by atoms with van der Waals surface area (Å²) in [7, 11) is 0. The summed E-state index contributed by atoms with van der Waals surface area (Å²) < 4.78 is 1.84. The largest absolute Gasteiger partial charge is 0.341 e. The predicted octanol–water partition coefficient (Wildman–Crippen LogP) is 2.73. The highest BCUT2D eigenvalue weighted by molar-refractivity contribution is 5.89. The number of H-pyrrole nitrogens is 1. The average Bonchev–Trinajstić information content (AvgIpc) is 3.43. The molecule has 5 rings (SSSR count). The Hall–Kier alpha value is -3.35. The van der Waals surface area contributed by atoms with Crippen molar-refractivity contribution in [2.24, 2.45) is 0 Å². The number of aromatic amines is 1. The SMILES string of the molecule is O=C(C1CCCN1C(=O)Cc1ccccc1)N1CCC(n2c(=O)[nH]c3ccccc32)CC1. The Morgan fingerprint density at radius 3 is 2.41 bits per heavy atom. The third kappa shape index (κ3) is 3.83.